The summed E-state index contributed by atoms with van der Waals surface area (Å²) >= 11 is 0.880. The molecule has 6 nitrogen and oxygen atoms in total. The Labute approximate surface area is 113 Å². The lowest BCUT2D eigenvalue weighted by Crippen LogP contribution is -2.09. The van der Waals surface area contributed by atoms with E-state index >= 15 is 0 Å². The summed E-state index contributed by atoms with van der Waals surface area (Å²) in [7, 11) is 0. The van der Waals surface area contributed by atoms with Gasteiger partial charge in [0.05, 0.1) is 5.56 Å². The predicted molar refractivity (Wildman–Crippen MR) is 70.8 cm³/mol. The Bertz CT molecular complexity index is 547. The summed E-state index contributed by atoms with van der Waals surface area (Å²) in [6.07, 6.45) is 1.41. The van der Waals surface area contributed by atoms with Crippen molar-refractivity contribution in [1.29, 1.82) is 0 Å². The number of hydrogen-bond donors (Lipinski definition) is 2. The highest BCUT2D eigenvalue weighted by atomic mass is 32.1. The lowest BCUT2D eigenvalue weighted by molar-refractivity contribution is -0.114. The van der Waals surface area contributed by atoms with E-state index in [4.69, 9.17) is 9.84 Å². The molecule has 1 heterocycles. The minimum atomic E-state index is -1.21. The monoisotopic (exact) mass is 283 g/mol. The van der Waals surface area contributed by atoms with E-state index in [0.29, 0.717) is 0 Å². The van der Waals surface area contributed by atoms with Crippen LogP contribution in [0.4, 0.5) is 5.00 Å². The third-order valence-electron chi connectivity index (χ3n) is 2.17. The fourth-order valence-corrected chi connectivity index (χ4v) is 2.55. The Kier molecular flexibility index (Phi) is 4.82. The summed E-state index contributed by atoms with van der Waals surface area (Å²) in [4.78, 5) is 34.1. The Morgan fingerprint density at radius 1 is 1.47 bits per heavy atom. The number of carbonyl (C=O) groups excluding carboxylic acids is 2. The molecule has 19 heavy (non-hydrogen) atoms. The first-order valence-electron chi connectivity index (χ1n) is 5.30. The number of ether oxygens (including phenoxy) is 1. The molecule has 0 aliphatic carbocycles. The maximum Gasteiger partial charge on any atom is 0.348 e. The van der Waals surface area contributed by atoms with E-state index in [1.54, 1.807) is 0 Å². The van der Waals surface area contributed by atoms with Crippen LogP contribution < -0.4 is 5.32 Å². The van der Waals surface area contributed by atoms with Gasteiger partial charge in [0, 0.05) is 6.92 Å². The van der Waals surface area contributed by atoms with E-state index in [0.717, 1.165) is 11.3 Å². The van der Waals surface area contributed by atoms with Crippen LogP contribution in [-0.2, 0) is 9.53 Å². The standard InChI is InChI=1S/C12H13NO5S/c1-4-5-18-12(17)9-6(2)8(11(15)16)10(19-9)13-7(3)14/h4H,1,5H2,2-3H3,(H,13,14)(H,15,16). The highest BCUT2D eigenvalue weighted by Crippen LogP contribution is 2.33. The van der Waals surface area contributed by atoms with Gasteiger partial charge in [-0.2, -0.15) is 0 Å². The average molecular weight is 283 g/mol. The topological polar surface area (TPSA) is 92.7 Å². The van der Waals surface area contributed by atoms with Crippen LogP contribution in [0, 0.1) is 6.92 Å². The lowest BCUT2D eigenvalue weighted by Gasteiger charge is -2.00. The van der Waals surface area contributed by atoms with E-state index in [2.05, 4.69) is 11.9 Å². The Morgan fingerprint density at radius 3 is 2.58 bits per heavy atom. The fourth-order valence-electron chi connectivity index (χ4n) is 1.41. The minimum absolute atomic E-state index is 0.0358. The molecule has 1 aromatic rings. The molecule has 0 unspecified atom stereocenters. The highest BCUT2D eigenvalue weighted by molar-refractivity contribution is 7.18. The first-order chi connectivity index (χ1) is 8.88. The van der Waals surface area contributed by atoms with Crippen molar-refractivity contribution in [3.8, 4) is 0 Å². The fraction of sp³-hybridized carbons (Fsp3) is 0.250. The van der Waals surface area contributed by atoms with Crippen LogP contribution in [0.15, 0.2) is 12.7 Å². The normalized spacial score (nSPS) is 9.79. The van der Waals surface area contributed by atoms with Crippen LogP contribution in [0.3, 0.4) is 0 Å². The molecule has 0 radical (unpaired) electrons. The van der Waals surface area contributed by atoms with Gasteiger partial charge >= 0.3 is 11.9 Å². The maximum absolute atomic E-state index is 11.7. The van der Waals surface area contributed by atoms with Crippen LogP contribution >= 0.6 is 11.3 Å². The summed E-state index contributed by atoms with van der Waals surface area (Å²) in [5.74, 6) is -2.25. The number of thiophene rings is 1. The highest BCUT2D eigenvalue weighted by Gasteiger charge is 2.25. The largest absolute Gasteiger partial charge is 0.478 e. The van der Waals surface area contributed by atoms with Gasteiger partial charge in [0.25, 0.3) is 0 Å². The molecule has 1 aromatic heterocycles. The SMILES string of the molecule is C=CCOC(=O)c1sc(NC(C)=O)c(C(=O)O)c1C. The van der Waals surface area contributed by atoms with Crippen molar-refractivity contribution >= 4 is 34.2 Å². The second kappa shape index (κ2) is 6.14. The maximum atomic E-state index is 11.7. The van der Waals surface area contributed by atoms with Crippen molar-refractivity contribution in [1.82, 2.24) is 0 Å². The molecule has 1 rings (SSSR count). The summed E-state index contributed by atoms with van der Waals surface area (Å²) in [5.41, 5.74) is 0.182. The van der Waals surface area contributed by atoms with Crippen molar-refractivity contribution in [2.75, 3.05) is 11.9 Å². The van der Waals surface area contributed by atoms with E-state index in [1.807, 2.05) is 0 Å². The number of nitrogens with one attached hydrogen (secondary N) is 1. The molecular formula is C12H13NO5S. The zero-order valence-electron chi connectivity index (χ0n) is 10.5. The van der Waals surface area contributed by atoms with Gasteiger partial charge in [-0.15, -0.1) is 11.3 Å². The number of amides is 1. The van der Waals surface area contributed by atoms with Gasteiger partial charge < -0.3 is 15.2 Å². The molecule has 0 aliphatic rings. The van der Waals surface area contributed by atoms with Crippen molar-refractivity contribution in [3.63, 3.8) is 0 Å². The van der Waals surface area contributed by atoms with E-state index < -0.39 is 17.8 Å². The minimum Gasteiger partial charge on any atom is -0.478 e. The number of carbonyl (C=O) groups is 3. The van der Waals surface area contributed by atoms with Crippen LogP contribution in [0.25, 0.3) is 0 Å². The molecule has 102 valence electrons. The number of carboxylic acid groups (broad SMARTS) is 1. The smallest absolute Gasteiger partial charge is 0.348 e. The molecule has 0 saturated carbocycles. The second-order valence-corrected chi connectivity index (χ2v) is 4.65. The van der Waals surface area contributed by atoms with Gasteiger partial charge in [0.1, 0.15) is 16.5 Å². The molecule has 2 N–H and O–H groups in total. The molecule has 0 aliphatic heterocycles. The quantitative estimate of drug-likeness (QED) is 0.637. The molecule has 0 bridgehead atoms. The van der Waals surface area contributed by atoms with Gasteiger partial charge in [-0.05, 0) is 12.5 Å². The van der Waals surface area contributed by atoms with Crippen LogP contribution in [0.2, 0.25) is 0 Å². The summed E-state index contributed by atoms with van der Waals surface area (Å²) < 4.78 is 4.86. The van der Waals surface area contributed by atoms with Gasteiger partial charge in [-0.25, -0.2) is 9.59 Å². The van der Waals surface area contributed by atoms with Crippen molar-refractivity contribution in [3.05, 3.63) is 28.7 Å². The third-order valence-corrected chi connectivity index (χ3v) is 3.36. The molecule has 0 saturated heterocycles. The summed E-state index contributed by atoms with van der Waals surface area (Å²) in [5, 5.41) is 11.6. The first kappa shape index (κ1) is 14.9. The zero-order valence-corrected chi connectivity index (χ0v) is 11.3. The third kappa shape index (κ3) is 3.41. The van der Waals surface area contributed by atoms with Crippen LogP contribution in [-0.4, -0.2) is 29.6 Å². The van der Waals surface area contributed by atoms with E-state index in [9.17, 15) is 14.4 Å². The zero-order chi connectivity index (χ0) is 14.6. The first-order valence-corrected chi connectivity index (χ1v) is 6.12. The molecule has 0 aromatic carbocycles. The Morgan fingerprint density at radius 2 is 2.11 bits per heavy atom. The van der Waals surface area contributed by atoms with Crippen molar-refractivity contribution < 1.29 is 24.2 Å². The summed E-state index contributed by atoms with van der Waals surface area (Å²) in [6.45, 7) is 6.21. The number of hydrogen-bond acceptors (Lipinski definition) is 5. The van der Waals surface area contributed by atoms with Gasteiger partial charge in [0.15, 0.2) is 0 Å². The van der Waals surface area contributed by atoms with Crippen molar-refractivity contribution in [2.45, 2.75) is 13.8 Å². The lowest BCUT2D eigenvalue weighted by atomic mass is 10.1. The molecule has 1 amide bonds. The molecular weight excluding hydrogens is 270 g/mol. The van der Waals surface area contributed by atoms with E-state index in [-0.39, 0.29) is 27.6 Å². The van der Waals surface area contributed by atoms with Gasteiger partial charge in [0.2, 0.25) is 5.91 Å². The second-order valence-electron chi connectivity index (χ2n) is 3.63. The molecule has 7 heteroatoms. The van der Waals surface area contributed by atoms with E-state index in [1.165, 1.54) is 19.9 Å². The van der Waals surface area contributed by atoms with Crippen molar-refractivity contribution in [2.24, 2.45) is 0 Å². The van der Waals surface area contributed by atoms with Crippen LogP contribution in [0.5, 0.6) is 0 Å². The Hall–Kier alpha value is -2.15. The number of aromatic carboxylic acids is 1. The van der Waals surface area contributed by atoms with Crippen LogP contribution in [0.1, 0.15) is 32.5 Å². The average Bonchev–Trinajstić information content (AvgIpc) is 2.62. The predicted octanol–water partition coefficient (Wildman–Crippen LogP) is 2.06. The van der Waals surface area contributed by atoms with Gasteiger partial charge in [-0.3, -0.25) is 4.79 Å². The number of carboxylic acids is 1. The Balaban J connectivity index is 3.20. The molecule has 0 atom stereocenters. The molecule has 0 spiro atoms. The summed E-state index contributed by atoms with van der Waals surface area (Å²) in [6, 6.07) is 0. The number of esters is 1. The van der Waals surface area contributed by atoms with Gasteiger partial charge in [-0.1, -0.05) is 12.7 Å². The number of rotatable bonds is 5. The number of anilines is 1. The molecule has 0 fully saturated rings.